The van der Waals surface area contributed by atoms with Gasteiger partial charge in [0.05, 0.1) is 17.7 Å². The highest BCUT2D eigenvalue weighted by Crippen LogP contribution is 2.23. The van der Waals surface area contributed by atoms with E-state index in [-0.39, 0.29) is 36.3 Å². The first-order valence-electron chi connectivity index (χ1n) is 9.22. The molecule has 6 nitrogen and oxygen atoms in total. The third kappa shape index (κ3) is 4.57. The summed E-state index contributed by atoms with van der Waals surface area (Å²) >= 11 is 0. The summed E-state index contributed by atoms with van der Waals surface area (Å²) in [7, 11) is 0. The highest BCUT2D eigenvalue weighted by molar-refractivity contribution is 6.21. The summed E-state index contributed by atoms with van der Waals surface area (Å²) in [4.78, 5) is 37.9. The molecule has 0 radical (unpaired) electrons. The Morgan fingerprint density at radius 3 is 2.25 bits per heavy atom. The van der Waals surface area contributed by atoms with Crippen molar-refractivity contribution in [1.29, 1.82) is 0 Å². The van der Waals surface area contributed by atoms with E-state index in [9.17, 15) is 14.4 Å². The first-order chi connectivity index (χ1) is 13.2. The maximum atomic E-state index is 12.3. The lowest BCUT2D eigenvalue weighted by Gasteiger charge is -2.17. The summed E-state index contributed by atoms with van der Waals surface area (Å²) in [5.41, 5.74) is 1.41. The molecule has 6 heteroatoms. The van der Waals surface area contributed by atoms with E-state index in [1.807, 2.05) is 20.8 Å². The molecule has 0 bridgehead atoms. The van der Waals surface area contributed by atoms with Crippen LogP contribution in [0.3, 0.4) is 0 Å². The van der Waals surface area contributed by atoms with Crippen molar-refractivity contribution in [2.75, 3.05) is 18.5 Å². The van der Waals surface area contributed by atoms with E-state index in [2.05, 4.69) is 5.32 Å². The van der Waals surface area contributed by atoms with E-state index in [1.165, 1.54) is 4.90 Å². The molecule has 0 aliphatic carbocycles. The Kier molecular flexibility index (Phi) is 5.49. The van der Waals surface area contributed by atoms with E-state index in [0.717, 1.165) is 0 Å². The van der Waals surface area contributed by atoms with Gasteiger partial charge in [-0.05, 0) is 29.7 Å². The molecule has 2 aromatic carbocycles. The smallest absolute Gasteiger partial charge is 0.261 e. The first kappa shape index (κ1) is 19.6. The number of fused-ring (bicyclic) bond motifs is 1. The maximum Gasteiger partial charge on any atom is 0.261 e. The van der Waals surface area contributed by atoms with Crippen molar-refractivity contribution in [3.63, 3.8) is 0 Å². The molecule has 2 aromatic rings. The van der Waals surface area contributed by atoms with E-state index in [4.69, 9.17) is 4.74 Å². The quantitative estimate of drug-likeness (QED) is 0.775. The molecule has 0 fully saturated rings. The average Bonchev–Trinajstić information content (AvgIpc) is 2.86. The van der Waals surface area contributed by atoms with Gasteiger partial charge in [0, 0.05) is 18.2 Å². The van der Waals surface area contributed by atoms with Crippen LogP contribution < -0.4 is 10.1 Å². The van der Waals surface area contributed by atoms with Gasteiger partial charge in [-0.15, -0.1) is 0 Å². The van der Waals surface area contributed by atoms with Crippen molar-refractivity contribution >= 4 is 23.4 Å². The number of hydrogen-bond acceptors (Lipinski definition) is 4. The van der Waals surface area contributed by atoms with Crippen molar-refractivity contribution < 1.29 is 19.1 Å². The number of carbonyl (C=O) groups excluding carboxylic acids is 3. The molecule has 1 aliphatic heterocycles. The van der Waals surface area contributed by atoms with Crippen molar-refractivity contribution in [1.82, 2.24) is 4.90 Å². The summed E-state index contributed by atoms with van der Waals surface area (Å²) in [6, 6.07) is 13.8. The molecule has 1 aliphatic rings. The highest BCUT2D eigenvalue weighted by atomic mass is 16.5. The number of benzene rings is 2. The van der Waals surface area contributed by atoms with Gasteiger partial charge in [-0.25, -0.2) is 0 Å². The van der Waals surface area contributed by atoms with E-state index in [0.29, 0.717) is 29.0 Å². The topological polar surface area (TPSA) is 75.7 Å². The van der Waals surface area contributed by atoms with Crippen molar-refractivity contribution in [2.45, 2.75) is 27.2 Å². The molecule has 0 saturated heterocycles. The molecule has 146 valence electrons. The minimum Gasteiger partial charge on any atom is -0.492 e. The van der Waals surface area contributed by atoms with Gasteiger partial charge in [0.25, 0.3) is 11.8 Å². The number of rotatable bonds is 6. The van der Waals surface area contributed by atoms with Crippen molar-refractivity contribution in [3.8, 4) is 5.75 Å². The monoisotopic (exact) mass is 380 g/mol. The largest absolute Gasteiger partial charge is 0.492 e. The molecule has 1 N–H and O–H groups in total. The highest BCUT2D eigenvalue weighted by Gasteiger charge is 2.34. The summed E-state index contributed by atoms with van der Waals surface area (Å²) in [5.74, 6) is -0.0966. The Morgan fingerprint density at radius 2 is 1.64 bits per heavy atom. The van der Waals surface area contributed by atoms with Crippen LogP contribution in [0.1, 0.15) is 47.9 Å². The lowest BCUT2D eigenvalue weighted by atomic mass is 9.92. The minimum atomic E-state index is -0.299. The summed E-state index contributed by atoms with van der Waals surface area (Å²) in [5, 5.41) is 2.86. The molecular formula is C22H24N2O4. The first-order valence-corrected chi connectivity index (χ1v) is 9.22. The van der Waals surface area contributed by atoms with E-state index in [1.54, 1.807) is 48.5 Å². The number of carbonyl (C=O) groups is 3. The molecule has 0 spiro atoms. The van der Waals surface area contributed by atoms with Gasteiger partial charge < -0.3 is 10.1 Å². The Balaban J connectivity index is 1.55. The van der Waals surface area contributed by atoms with Crippen LogP contribution in [0.4, 0.5) is 5.69 Å². The van der Waals surface area contributed by atoms with Crippen LogP contribution in [0.15, 0.2) is 48.5 Å². The third-order valence-corrected chi connectivity index (χ3v) is 4.27. The lowest BCUT2D eigenvalue weighted by molar-refractivity contribution is -0.117. The Morgan fingerprint density at radius 1 is 1.00 bits per heavy atom. The van der Waals surface area contributed by atoms with Gasteiger partial charge in [-0.2, -0.15) is 0 Å². The van der Waals surface area contributed by atoms with Crippen LogP contribution in [0.5, 0.6) is 5.75 Å². The van der Waals surface area contributed by atoms with Crippen molar-refractivity contribution in [2.24, 2.45) is 5.41 Å². The zero-order valence-electron chi connectivity index (χ0n) is 16.3. The zero-order valence-corrected chi connectivity index (χ0v) is 16.3. The second-order valence-corrected chi connectivity index (χ2v) is 7.97. The second kappa shape index (κ2) is 7.84. The fourth-order valence-corrected chi connectivity index (χ4v) is 3.05. The molecule has 28 heavy (non-hydrogen) atoms. The van der Waals surface area contributed by atoms with Crippen LogP contribution in [0.2, 0.25) is 0 Å². The molecular weight excluding hydrogens is 356 g/mol. The van der Waals surface area contributed by atoms with E-state index >= 15 is 0 Å². The number of hydrogen-bond donors (Lipinski definition) is 1. The zero-order chi connectivity index (χ0) is 20.3. The summed E-state index contributed by atoms with van der Waals surface area (Å²) in [6.45, 7) is 6.35. The molecule has 0 aromatic heterocycles. The van der Waals surface area contributed by atoms with Gasteiger partial charge in [0.15, 0.2) is 0 Å². The third-order valence-electron chi connectivity index (χ3n) is 4.27. The molecule has 0 saturated carbocycles. The normalized spacial score (nSPS) is 13.5. The fraction of sp³-hybridized carbons (Fsp3) is 0.318. The van der Waals surface area contributed by atoms with Gasteiger partial charge in [-0.1, -0.05) is 39.0 Å². The minimum absolute atomic E-state index is 0.0596. The maximum absolute atomic E-state index is 12.3. The second-order valence-electron chi connectivity index (χ2n) is 7.97. The Labute approximate surface area is 164 Å². The number of imide groups is 1. The standard InChI is InChI=1S/C22H24N2O4/c1-22(2,3)14-19(25)23-15-7-6-8-16(13-15)28-12-11-24-20(26)17-9-4-5-10-18(17)21(24)27/h4-10,13H,11-12,14H2,1-3H3,(H,23,25). The Bertz CT molecular complexity index is 880. The number of amides is 3. The number of nitrogens with one attached hydrogen (secondary N) is 1. The molecule has 1 heterocycles. The van der Waals surface area contributed by atoms with Crippen LogP contribution in [0, 0.1) is 5.41 Å². The number of nitrogens with zero attached hydrogens (tertiary/aromatic N) is 1. The lowest BCUT2D eigenvalue weighted by Crippen LogP contribution is -2.33. The van der Waals surface area contributed by atoms with Gasteiger partial charge in [-0.3, -0.25) is 19.3 Å². The average molecular weight is 380 g/mol. The fourth-order valence-electron chi connectivity index (χ4n) is 3.05. The molecule has 3 rings (SSSR count). The molecule has 0 atom stereocenters. The Hall–Kier alpha value is -3.15. The van der Waals surface area contributed by atoms with Gasteiger partial charge in [0.2, 0.25) is 5.91 Å². The summed E-state index contributed by atoms with van der Waals surface area (Å²) < 4.78 is 5.69. The summed E-state index contributed by atoms with van der Waals surface area (Å²) in [6.07, 6.45) is 0.415. The molecule has 3 amide bonds. The van der Waals surface area contributed by atoms with Crippen LogP contribution in [-0.2, 0) is 4.79 Å². The van der Waals surface area contributed by atoms with Crippen molar-refractivity contribution in [3.05, 3.63) is 59.7 Å². The van der Waals surface area contributed by atoms with Gasteiger partial charge in [0.1, 0.15) is 12.4 Å². The number of ether oxygens (including phenoxy) is 1. The van der Waals surface area contributed by atoms with Crippen LogP contribution in [-0.4, -0.2) is 35.8 Å². The number of anilines is 1. The van der Waals surface area contributed by atoms with E-state index < -0.39 is 0 Å². The predicted octanol–water partition coefficient (Wildman–Crippen LogP) is 3.74. The molecule has 0 unspecified atom stereocenters. The van der Waals surface area contributed by atoms with Crippen LogP contribution in [0.25, 0.3) is 0 Å². The van der Waals surface area contributed by atoms with Gasteiger partial charge >= 0.3 is 0 Å². The predicted molar refractivity (Wildman–Crippen MR) is 106 cm³/mol. The van der Waals surface area contributed by atoms with Crippen LogP contribution >= 0.6 is 0 Å². The SMILES string of the molecule is CC(C)(C)CC(=O)Nc1cccc(OCCN2C(=O)c3ccccc3C2=O)c1.